The smallest absolute Gasteiger partial charge is 0.348 e. The van der Waals surface area contributed by atoms with Crippen LogP contribution >= 0.6 is 0 Å². The average Bonchev–Trinajstić information content (AvgIpc) is 2.32. The summed E-state index contributed by atoms with van der Waals surface area (Å²) >= 11 is 0. The summed E-state index contributed by atoms with van der Waals surface area (Å²) in [7, 11) is 0. The van der Waals surface area contributed by atoms with Gasteiger partial charge in [-0.3, -0.25) is 4.79 Å². The number of nitrogens with zero attached hydrogens (tertiary/aromatic N) is 1. The first-order valence-electron chi connectivity index (χ1n) is 5.53. The van der Waals surface area contributed by atoms with Crippen LogP contribution in [-0.2, 0) is 19.1 Å². The van der Waals surface area contributed by atoms with Gasteiger partial charge in [-0.1, -0.05) is 6.58 Å². The number of ether oxygens (including phenoxy) is 2. The Hall–Kier alpha value is -1.83. The summed E-state index contributed by atoms with van der Waals surface area (Å²) in [6.45, 7) is 5.63. The van der Waals surface area contributed by atoms with Crippen LogP contribution < -0.4 is 0 Å². The van der Waals surface area contributed by atoms with Gasteiger partial charge in [-0.2, -0.15) is 5.26 Å². The highest BCUT2D eigenvalue weighted by atomic mass is 16.5. The van der Waals surface area contributed by atoms with Gasteiger partial charge in [0.15, 0.2) is 0 Å². The Bertz CT molecular complexity index is 317. The van der Waals surface area contributed by atoms with Crippen LogP contribution in [0.15, 0.2) is 12.2 Å². The molecule has 0 spiro atoms. The van der Waals surface area contributed by atoms with Gasteiger partial charge in [-0.25, -0.2) is 4.79 Å². The second-order valence-electron chi connectivity index (χ2n) is 3.34. The van der Waals surface area contributed by atoms with E-state index < -0.39 is 5.97 Å². The minimum absolute atomic E-state index is 0.198. The quantitative estimate of drug-likeness (QED) is 0.279. The highest BCUT2D eigenvalue weighted by molar-refractivity contribution is 5.91. The molecule has 0 aromatic heterocycles. The fourth-order valence-corrected chi connectivity index (χ4v) is 1.08. The van der Waals surface area contributed by atoms with Crippen molar-refractivity contribution in [3.8, 4) is 6.07 Å². The number of nitriles is 1. The molecule has 0 radical (unpaired) electrons. The highest BCUT2D eigenvalue weighted by Crippen LogP contribution is 2.02. The van der Waals surface area contributed by atoms with Gasteiger partial charge in [0.2, 0.25) is 0 Å². The third-order valence-electron chi connectivity index (χ3n) is 1.95. The molecular formula is C12H17NO4. The second kappa shape index (κ2) is 9.40. The van der Waals surface area contributed by atoms with Gasteiger partial charge in [0.1, 0.15) is 11.6 Å². The lowest BCUT2D eigenvalue weighted by molar-refractivity contribution is -0.143. The number of carbonyl (C=O) groups excluding carboxylic acids is 2. The van der Waals surface area contributed by atoms with Crippen molar-refractivity contribution in [3.05, 3.63) is 12.2 Å². The number of hydrogen-bond donors (Lipinski definition) is 0. The van der Waals surface area contributed by atoms with Crippen molar-refractivity contribution in [3.63, 3.8) is 0 Å². The third-order valence-corrected chi connectivity index (χ3v) is 1.95. The Labute approximate surface area is 101 Å². The Kier molecular flexibility index (Phi) is 8.39. The minimum Gasteiger partial charge on any atom is -0.466 e. The van der Waals surface area contributed by atoms with Crippen LogP contribution in [0.2, 0.25) is 0 Å². The van der Waals surface area contributed by atoms with Crippen LogP contribution in [0.4, 0.5) is 0 Å². The molecule has 0 N–H and O–H groups in total. The molecule has 0 unspecified atom stereocenters. The maximum absolute atomic E-state index is 11.0. The van der Waals surface area contributed by atoms with Gasteiger partial charge >= 0.3 is 11.9 Å². The molecule has 0 aliphatic rings. The normalized spacial score (nSPS) is 9.18. The van der Waals surface area contributed by atoms with Crippen LogP contribution in [0, 0.1) is 11.3 Å². The molecule has 94 valence electrons. The Morgan fingerprint density at radius 2 is 1.94 bits per heavy atom. The predicted octanol–water partition coefficient (Wildman–Crippen LogP) is 1.73. The van der Waals surface area contributed by atoms with Crippen LogP contribution in [-0.4, -0.2) is 25.2 Å². The zero-order valence-corrected chi connectivity index (χ0v) is 10.0. The summed E-state index contributed by atoms with van der Waals surface area (Å²) in [5, 5.41) is 8.36. The van der Waals surface area contributed by atoms with E-state index in [9.17, 15) is 9.59 Å². The second-order valence-corrected chi connectivity index (χ2v) is 3.34. The Balaban J connectivity index is 3.42. The van der Waals surface area contributed by atoms with Gasteiger partial charge in [0.05, 0.1) is 13.2 Å². The minimum atomic E-state index is -0.683. The largest absolute Gasteiger partial charge is 0.466 e. The number of hydrogen-bond acceptors (Lipinski definition) is 5. The highest BCUT2D eigenvalue weighted by Gasteiger charge is 2.06. The third kappa shape index (κ3) is 8.03. The lowest BCUT2D eigenvalue weighted by atomic mass is 10.2. The zero-order chi connectivity index (χ0) is 13.1. The number of carbonyl (C=O) groups is 2. The molecule has 0 aromatic carbocycles. The fraction of sp³-hybridized carbons (Fsp3) is 0.583. The molecular weight excluding hydrogens is 222 g/mol. The van der Waals surface area contributed by atoms with Crippen molar-refractivity contribution >= 4 is 11.9 Å². The van der Waals surface area contributed by atoms with Crippen molar-refractivity contribution in [2.75, 3.05) is 13.2 Å². The summed E-state index contributed by atoms with van der Waals surface area (Å²) in [6.07, 6.45) is 2.51. The molecule has 0 saturated carbocycles. The maximum Gasteiger partial charge on any atom is 0.348 e. The van der Waals surface area contributed by atoms with Crippen LogP contribution in [0.3, 0.4) is 0 Å². The summed E-state index contributed by atoms with van der Waals surface area (Å²) in [6, 6.07) is 1.62. The monoisotopic (exact) mass is 239 g/mol. The molecule has 0 bridgehead atoms. The van der Waals surface area contributed by atoms with E-state index in [0.29, 0.717) is 25.9 Å². The molecule has 0 atom stereocenters. The van der Waals surface area contributed by atoms with E-state index in [2.05, 4.69) is 6.58 Å². The van der Waals surface area contributed by atoms with Crippen molar-refractivity contribution in [2.24, 2.45) is 0 Å². The molecule has 0 heterocycles. The van der Waals surface area contributed by atoms with Gasteiger partial charge in [-0.05, 0) is 26.2 Å². The van der Waals surface area contributed by atoms with Gasteiger partial charge in [0, 0.05) is 6.42 Å². The number of unbranched alkanes of at least 4 members (excludes halogenated alkanes) is 2. The first-order chi connectivity index (χ1) is 8.11. The molecule has 17 heavy (non-hydrogen) atoms. The molecule has 0 saturated heterocycles. The van der Waals surface area contributed by atoms with E-state index in [1.54, 1.807) is 13.0 Å². The topological polar surface area (TPSA) is 76.4 Å². The van der Waals surface area contributed by atoms with Gasteiger partial charge in [0.25, 0.3) is 0 Å². The average molecular weight is 239 g/mol. The van der Waals surface area contributed by atoms with Crippen molar-refractivity contribution in [1.29, 1.82) is 5.26 Å². The van der Waals surface area contributed by atoms with E-state index in [1.165, 1.54) is 0 Å². The van der Waals surface area contributed by atoms with E-state index in [1.807, 2.05) is 0 Å². The van der Waals surface area contributed by atoms with Gasteiger partial charge < -0.3 is 9.47 Å². The van der Waals surface area contributed by atoms with Crippen LogP contribution in [0.25, 0.3) is 0 Å². The Morgan fingerprint density at radius 1 is 1.24 bits per heavy atom. The van der Waals surface area contributed by atoms with E-state index in [4.69, 9.17) is 14.7 Å². The summed E-state index contributed by atoms with van der Waals surface area (Å²) in [5.41, 5.74) is -0.198. The van der Waals surface area contributed by atoms with Crippen molar-refractivity contribution in [1.82, 2.24) is 0 Å². The fourth-order valence-electron chi connectivity index (χ4n) is 1.08. The van der Waals surface area contributed by atoms with Gasteiger partial charge in [-0.15, -0.1) is 0 Å². The van der Waals surface area contributed by atoms with Crippen molar-refractivity contribution in [2.45, 2.75) is 32.6 Å². The SMILES string of the molecule is C=C(C#N)C(=O)OCCCCCC(=O)OCC. The molecule has 5 heteroatoms. The summed E-state index contributed by atoms with van der Waals surface area (Å²) < 4.78 is 9.53. The Morgan fingerprint density at radius 3 is 2.53 bits per heavy atom. The molecule has 0 amide bonds. The molecule has 0 rings (SSSR count). The first kappa shape index (κ1) is 15.2. The van der Waals surface area contributed by atoms with Crippen LogP contribution in [0.1, 0.15) is 32.6 Å². The summed E-state index contributed by atoms with van der Waals surface area (Å²) in [5.74, 6) is -0.889. The molecule has 5 nitrogen and oxygen atoms in total. The molecule has 0 aromatic rings. The zero-order valence-electron chi connectivity index (χ0n) is 10.0. The summed E-state index contributed by atoms with van der Waals surface area (Å²) in [4.78, 5) is 21.9. The standard InChI is InChI=1S/C12H17NO4/c1-3-16-11(14)7-5-4-6-8-17-12(15)10(2)9-13/h2-8H2,1H3. The molecule has 0 fully saturated rings. The number of esters is 2. The van der Waals surface area contributed by atoms with E-state index >= 15 is 0 Å². The lowest BCUT2D eigenvalue weighted by Crippen LogP contribution is -2.07. The molecule has 0 aliphatic heterocycles. The predicted molar refractivity (Wildman–Crippen MR) is 60.8 cm³/mol. The maximum atomic E-state index is 11.0. The molecule has 0 aliphatic carbocycles. The number of rotatable bonds is 8. The van der Waals surface area contributed by atoms with E-state index in [-0.39, 0.29) is 18.1 Å². The van der Waals surface area contributed by atoms with Crippen LogP contribution in [0.5, 0.6) is 0 Å². The first-order valence-corrected chi connectivity index (χ1v) is 5.53. The van der Waals surface area contributed by atoms with E-state index in [0.717, 1.165) is 6.42 Å². The van der Waals surface area contributed by atoms with Crippen molar-refractivity contribution < 1.29 is 19.1 Å². The lowest BCUT2D eigenvalue weighted by Gasteiger charge is -2.03.